The van der Waals surface area contributed by atoms with Crippen molar-refractivity contribution in [3.05, 3.63) is 0 Å². The molecule has 4 rings (SSSR count). The van der Waals surface area contributed by atoms with Crippen LogP contribution in [0.15, 0.2) is 0 Å². The summed E-state index contributed by atoms with van der Waals surface area (Å²) in [4.78, 5) is 2.77. The second-order valence-electron chi connectivity index (χ2n) is 8.25. The summed E-state index contributed by atoms with van der Waals surface area (Å²) in [6, 6.07) is 0. The molecule has 140 valence electrons. The average molecular weight is 356 g/mol. The Morgan fingerprint density at radius 2 is 1.83 bits per heavy atom. The van der Waals surface area contributed by atoms with Crippen molar-refractivity contribution in [2.45, 2.75) is 57.3 Å². The van der Waals surface area contributed by atoms with Crippen molar-refractivity contribution in [1.82, 2.24) is 25.6 Å². The van der Waals surface area contributed by atoms with Crippen LogP contribution in [0.2, 0.25) is 0 Å². The Morgan fingerprint density at radius 3 is 2.83 bits per heavy atom. The van der Waals surface area contributed by atoms with Gasteiger partial charge in [-0.1, -0.05) is 0 Å². The van der Waals surface area contributed by atoms with Gasteiger partial charge in [-0.15, -0.1) is 0 Å². The number of nitrogens with zero attached hydrogens (tertiary/aromatic N) is 1. The molecule has 4 heterocycles. The molecule has 0 radical (unpaired) electrons. The summed E-state index contributed by atoms with van der Waals surface area (Å²) in [5, 5.41) is 11.5. The summed E-state index contributed by atoms with van der Waals surface area (Å²) in [6.07, 6.45) is 10.8. The normalized spacial score (nSPS) is 46.5. The lowest BCUT2D eigenvalue weighted by Crippen LogP contribution is -2.55. The van der Waals surface area contributed by atoms with Gasteiger partial charge in [-0.2, -0.15) is 11.1 Å². The van der Waals surface area contributed by atoms with E-state index >= 15 is 0 Å². The van der Waals surface area contributed by atoms with Gasteiger partial charge in [0, 0.05) is 24.9 Å². The molecule has 0 aliphatic carbocycles. The Balaban J connectivity index is 1.40. The van der Waals surface area contributed by atoms with E-state index in [-0.39, 0.29) is 11.1 Å². The third-order valence-electron chi connectivity index (χ3n) is 6.41. The Labute approximate surface area is 150 Å². The van der Waals surface area contributed by atoms with E-state index in [4.69, 9.17) is 0 Å². The fourth-order valence-electron chi connectivity index (χ4n) is 5.09. The first kappa shape index (κ1) is 17.6. The zero-order valence-electron chi connectivity index (χ0n) is 15.1. The highest BCUT2D eigenvalue weighted by Gasteiger charge is 2.34. The van der Waals surface area contributed by atoms with Gasteiger partial charge in [0.25, 0.3) is 0 Å². The molecule has 4 aliphatic heterocycles. The second kappa shape index (κ2) is 8.69. The summed E-state index contributed by atoms with van der Waals surface area (Å²) in [6.45, 7) is 6.22. The van der Waals surface area contributed by atoms with Crippen molar-refractivity contribution in [1.29, 1.82) is 0 Å². The van der Waals surface area contributed by atoms with E-state index in [0.717, 1.165) is 11.8 Å². The highest BCUT2D eigenvalue weighted by Crippen LogP contribution is 2.29. The van der Waals surface area contributed by atoms with Crippen molar-refractivity contribution in [2.75, 3.05) is 44.4 Å². The Kier molecular flexibility index (Phi) is 6.36. The molecular weight excluding hydrogens is 318 g/mol. The summed E-state index contributed by atoms with van der Waals surface area (Å²) < 4.78 is 3.89. The number of hydrogen-bond acceptors (Lipinski definition) is 5. The summed E-state index contributed by atoms with van der Waals surface area (Å²) in [7, 11) is 0. The zero-order valence-corrected chi connectivity index (χ0v) is 16.0. The minimum absolute atomic E-state index is 0.0252. The summed E-state index contributed by atoms with van der Waals surface area (Å²) in [5.74, 6) is 4.29. The number of fused-ring (bicyclic) bond motifs is 6. The molecule has 24 heavy (non-hydrogen) atoms. The number of nitrogens with one attached hydrogen (secondary N) is 4. The van der Waals surface area contributed by atoms with Crippen molar-refractivity contribution in [2.24, 2.45) is 11.8 Å². The van der Waals surface area contributed by atoms with Gasteiger partial charge in [0.2, 0.25) is 0 Å². The lowest BCUT2D eigenvalue weighted by atomic mass is 9.94. The first-order chi connectivity index (χ1) is 11.9. The number of rotatable bonds is 0. The summed E-state index contributed by atoms with van der Waals surface area (Å²) >= 11 is -0.0252. The van der Waals surface area contributed by atoms with Crippen molar-refractivity contribution < 1.29 is 0 Å². The van der Waals surface area contributed by atoms with Crippen LogP contribution in [0.25, 0.3) is 0 Å². The van der Waals surface area contributed by atoms with E-state index in [1.54, 1.807) is 0 Å². The summed E-state index contributed by atoms with van der Waals surface area (Å²) in [5.41, 5.74) is 0. The monoisotopic (exact) mass is 355 g/mol. The maximum absolute atomic E-state index is 3.89. The third kappa shape index (κ3) is 4.46. The van der Waals surface area contributed by atoms with Crippen LogP contribution < -0.4 is 20.7 Å². The topological polar surface area (TPSA) is 51.4 Å². The van der Waals surface area contributed by atoms with Gasteiger partial charge in [0.1, 0.15) is 0 Å². The standard InChI is InChI=1S/C18H37N5S/c1-4-15-7-10-23(13-15)18-16(5-2-9-21-18)12-19-14-24-11-3-6-17(22-24)20-8-1/h15-22,24H,1-14H2. The number of piperidine rings is 1. The van der Waals surface area contributed by atoms with E-state index in [0.29, 0.717) is 12.3 Å². The molecule has 4 fully saturated rings. The van der Waals surface area contributed by atoms with Crippen LogP contribution in [-0.2, 0) is 0 Å². The maximum atomic E-state index is 3.89. The number of thiol groups is 1. The molecule has 4 N–H and O–H groups in total. The minimum atomic E-state index is -0.0252. The van der Waals surface area contributed by atoms with Gasteiger partial charge in [-0.3, -0.25) is 9.62 Å². The molecular formula is C18H37N5S. The molecule has 4 saturated heterocycles. The molecule has 5 nitrogen and oxygen atoms in total. The zero-order chi connectivity index (χ0) is 16.2. The van der Waals surface area contributed by atoms with Crippen molar-refractivity contribution in [3.63, 3.8) is 0 Å². The van der Waals surface area contributed by atoms with Crippen molar-refractivity contribution in [3.8, 4) is 0 Å². The molecule has 4 bridgehead atoms. The highest BCUT2D eigenvalue weighted by molar-refractivity contribution is 8.15. The lowest BCUT2D eigenvalue weighted by Gasteiger charge is -2.40. The van der Waals surface area contributed by atoms with Gasteiger partial charge in [-0.25, -0.2) is 0 Å². The van der Waals surface area contributed by atoms with Gasteiger partial charge in [-0.05, 0) is 76.3 Å². The molecule has 0 saturated carbocycles. The molecule has 4 aliphatic rings. The quantitative estimate of drug-likeness (QED) is 0.423. The smallest absolute Gasteiger partial charge is 0.0650 e. The molecule has 6 unspecified atom stereocenters. The average Bonchev–Trinajstić information content (AvgIpc) is 3.08. The predicted molar refractivity (Wildman–Crippen MR) is 104 cm³/mol. The van der Waals surface area contributed by atoms with Crippen LogP contribution >= 0.6 is 11.1 Å². The van der Waals surface area contributed by atoms with Crippen LogP contribution in [0, 0.1) is 11.8 Å². The SMILES string of the molecule is C1CNC2CCC[SH](CNCC3CCCNC3N3CCC(C1)C3)N2. The van der Waals surface area contributed by atoms with E-state index in [1.807, 2.05) is 0 Å². The Morgan fingerprint density at radius 1 is 0.917 bits per heavy atom. The van der Waals surface area contributed by atoms with Gasteiger partial charge >= 0.3 is 0 Å². The molecule has 0 aromatic carbocycles. The van der Waals surface area contributed by atoms with E-state index in [2.05, 4.69) is 25.6 Å². The third-order valence-corrected chi connectivity index (χ3v) is 8.55. The lowest BCUT2D eigenvalue weighted by molar-refractivity contribution is 0.104. The fraction of sp³-hybridized carbons (Fsp3) is 1.00. The number of hydrogen-bond donors (Lipinski definition) is 5. The van der Waals surface area contributed by atoms with E-state index in [1.165, 1.54) is 89.3 Å². The van der Waals surface area contributed by atoms with E-state index in [9.17, 15) is 0 Å². The van der Waals surface area contributed by atoms with Gasteiger partial charge in [0.15, 0.2) is 0 Å². The van der Waals surface area contributed by atoms with Gasteiger partial charge in [0.05, 0.1) is 12.3 Å². The fourth-order valence-corrected chi connectivity index (χ4v) is 7.09. The molecule has 6 atom stereocenters. The first-order valence-corrected chi connectivity index (χ1v) is 12.0. The minimum Gasteiger partial charge on any atom is -0.308 e. The molecule has 0 aromatic heterocycles. The predicted octanol–water partition coefficient (Wildman–Crippen LogP) is 1.19. The molecule has 0 spiro atoms. The second-order valence-corrected chi connectivity index (χ2v) is 10.3. The van der Waals surface area contributed by atoms with Crippen LogP contribution in [0.4, 0.5) is 0 Å². The van der Waals surface area contributed by atoms with Gasteiger partial charge < -0.3 is 16.0 Å². The Bertz CT molecular complexity index is 396. The van der Waals surface area contributed by atoms with E-state index < -0.39 is 0 Å². The maximum Gasteiger partial charge on any atom is 0.0650 e. The largest absolute Gasteiger partial charge is 0.308 e. The molecule has 0 aromatic rings. The van der Waals surface area contributed by atoms with Crippen LogP contribution in [0.3, 0.4) is 0 Å². The Hall–Kier alpha value is 0.150. The van der Waals surface area contributed by atoms with Crippen LogP contribution in [0.1, 0.15) is 44.9 Å². The highest BCUT2D eigenvalue weighted by atomic mass is 32.2. The van der Waals surface area contributed by atoms with Crippen LogP contribution in [0.5, 0.6) is 0 Å². The molecule has 0 amide bonds. The van der Waals surface area contributed by atoms with Crippen molar-refractivity contribution >= 4 is 11.1 Å². The van der Waals surface area contributed by atoms with Crippen LogP contribution in [-0.4, -0.2) is 61.6 Å². The first-order valence-electron chi connectivity index (χ1n) is 10.3. The molecule has 6 heteroatoms.